The first-order valence-corrected chi connectivity index (χ1v) is 6.11. The summed E-state index contributed by atoms with van der Waals surface area (Å²) in [6, 6.07) is 4.29. The molecule has 0 saturated carbocycles. The normalized spacial score (nSPS) is 16.9. The highest BCUT2D eigenvalue weighted by atomic mass is 19.1. The molecule has 1 aliphatic rings. The molecule has 0 bridgehead atoms. The van der Waals surface area contributed by atoms with E-state index in [4.69, 9.17) is 4.74 Å². The summed E-state index contributed by atoms with van der Waals surface area (Å²) < 4.78 is 18.1. The zero-order chi connectivity index (χ0) is 13.0. The lowest BCUT2D eigenvalue weighted by Gasteiger charge is -2.31. The molecule has 1 amide bonds. The maximum absolute atomic E-state index is 13.0. The molecule has 0 atom stereocenters. The zero-order valence-corrected chi connectivity index (χ0v) is 10.4. The first-order chi connectivity index (χ1) is 8.70. The number of carbonyl (C=O) groups excluding carboxylic acids is 1. The Balaban J connectivity index is 1.95. The van der Waals surface area contributed by atoms with Gasteiger partial charge < -0.3 is 9.64 Å². The van der Waals surface area contributed by atoms with Crippen LogP contribution in [0.2, 0.25) is 0 Å². The number of likely N-dealkylation sites (tertiary alicyclic amines) is 1. The Kier molecular flexibility index (Phi) is 4.25. The summed E-state index contributed by atoms with van der Waals surface area (Å²) in [6.07, 6.45) is 1.85. The van der Waals surface area contributed by atoms with Crippen LogP contribution in [-0.2, 0) is 4.74 Å². The van der Waals surface area contributed by atoms with Crippen LogP contribution in [0, 0.1) is 11.9 Å². The number of methoxy groups -OCH3 is 1. The summed E-state index contributed by atoms with van der Waals surface area (Å²) in [6.45, 7) is 2.11. The molecular weight excluding hydrogens is 235 g/mol. The number of ether oxygens (including phenoxy) is 1. The molecule has 5 heteroatoms. The summed E-state index contributed by atoms with van der Waals surface area (Å²) in [7, 11) is 1.69. The van der Waals surface area contributed by atoms with Crippen LogP contribution in [0.25, 0.3) is 0 Å². The van der Waals surface area contributed by atoms with Gasteiger partial charge in [0.05, 0.1) is 0 Å². The summed E-state index contributed by atoms with van der Waals surface area (Å²) in [5.74, 6) is -0.292. The van der Waals surface area contributed by atoms with Gasteiger partial charge in [0.25, 0.3) is 5.91 Å². The second-order valence-corrected chi connectivity index (χ2v) is 4.54. The van der Waals surface area contributed by atoms with Crippen molar-refractivity contribution < 1.29 is 13.9 Å². The molecule has 1 fully saturated rings. The molecule has 1 aliphatic heterocycles. The largest absolute Gasteiger partial charge is 0.384 e. The Labute approximate surface area is 106 Å². The highest BCUT2D eigenvalue weighted by Crippen LogP contribution is 2.18. The van der Waals surface area contributed by atoms with Crippen LogP contribution in [0.3, 0.4) is 0 Å². The van der Waals surface area contributed by atoms with E-state index in [-0.39, 0.29) is 11.6 Å². The van der Waals surface area contributed by atoms with Crippen LogP contribution in [0.15, 0.2) is 18.2 Å². The van der Waals surface area contributed by atoms with Crippen molar-refractivity contribution in [3.8, 4) is 0 Å². The fraction of sp³-hybridized carbons (Fsp3) is 0.538. The van der Waals surface area contributed by atoms with Crippen molar-refractivity contribution in [2.45, 2.75) is 12.8 Å². The number of halogens is 1. The predicted molar refractivity (Wildman–Crippen MR) is 64.7 cm³/mol. The fourth-order valence-electron chi connectivity index (χ4n) is 2.23. The monoisotopic (exact) mass is 252 g/mol. The van der Waals surface area contributed by atoms with Gasteiger partial charge in [-0.2, -0.15) is 4.39 Å². The van der Waals surface area contributed by atoms with Gasteiger partial charge in [-0.05, 0) is 30.9 Å². The minimum absolute atomic E-state index is 0.181. The number of pyridine rings is 1. The number of nitrogens with zero attached hydrogens (tertiary/aromatic N) is 2. The Bertz CT molecular complexity index is 417. The van der Waals surface area contributed by atoms with E-state index in [1.807, 2.05) is 0 Å². The number of aromatic nitrogens is 1. The minimum atomic E-state index is -0.616. The number of hydrogen-bond acceptors (Lipinski definition) is 3. The van der Waals surface area contributed by atoms with Gasteiger partial charge in [0.2, 0.25) is 5.95 Å². The van der Waals surface area contributed by atoms with E-state index in [0.29, 0.717) is 19.0 Å². The van der Waals surface area contributed by atoms with Crippen LogP contribution in [-0.4, -0.2) is 42.6 Å². The van der Waals surface area contributed by atoms with Gasteiger partial charge in [0.15, 0.2) is 0 Å². The van der Waals surface area contributed by atoms with Crippen LogP contribution in [0.4, 0.5) is 4.39 Å². The second kappa shape index (κ2) is 5.91. The first kappa shape index (κ1) is 13.0. The first-order valence-electron chi connectivity index (χ1n) is 6.11. The smallest absolute Gasteiger partial charge is 0.272 e. The van der Waals surface area contributed by atoms with Crippen molar-refractivity contribution in [2.24, 2.45) is 5.92 Å². The molecule has 2 heterocycles. The summed E-state index contributed by atoms with van der Waals surface area (Å²) >= 11 is 0. The highest BCUT2D eigenvalue weighted by Gasteiger charge is 2.24. The van der Waals surface area contributed by atoms with Crippen LogP contribution in [0.5, 0.6) is 0 Å². The number of rotatable bonds is 3. The SMILES string of the molecule is COCC1CCN(C(=O)c2cccc(F)n2)CC1. The van der Waals surface area contributed by atoms with E-state index in [9.17, 15) is 9.18 Å². The third kappa shape index (κ3) is 3.04. The van der Waals surface area contributed by atoms with Gasteiger partial charge in [-0.3, -0.25) is 4.79 Å². The van der Waals surface area contributed by atoms with E-state index in [2.05, 4.69) is 4.98 Å². The molecule has 0 unspecified atom stereocenters. The molecular formula is C13H17FN2O2. The van der Waals surface area contributed by atoms with E-state index in [1.165, 1.54) is 12.1 Å². The van der Waals surface area contributed by atoms with Gasteiger partial charge >= 0.3 is 0 Å². The standard InChI is InChI=1S/C13H17FN2O2/c1-18-9-10-5-7-16(8-6-10)13(17)11-3-2-4-12(14)15-11/h2-4,10H,5-9H2,1H3. The van der Waals surface area contributed by atoms with Gasteiger partial charge in [0.1, 0.15) is 5.69 Å². The Morgan fingerprint density at radius 2 is 2.22 bits per heavy atom. The lowest BCUT2D eigenvalue weighted by Crippen LogP contribution is -2.39. The second-order valence-electron chi connectivity index (χ2n) is 4.54. The third-order valence-electron chi connectivity index (χ3n) is 3.24. The summed E-state index contributed by atoms with van der Waals surface area (Å²) in [5.41, 5.74) is 0.181. The van der Waals surface area contributed by atoms with Gasteiger partial charge in [-0.1, -0.05) is 6.07 Å². The van der Waals surface area contributed by atoms with Crippen molar-refractivity contribution >= 4 is 5.91 Å². The fourth-order valence-corrected chi connectivity index (χ4v) is 2.23. The molecule has 0 radical (unpaired) electrons. The summed E-state index contributed by atoms with van der Waals surface area (Å²) in [4.78, 5) is 17.4. The number of hydrogen-bond donors (Lipinski definition) is 0. The van der Waals surface area contributed by atoms with Crippen molar-refractivity contribution in [1.29, 1.82) is 0 Å². The number of amides is 1. The predicted octanol–water partition coefficient (Wildman–Crippen LogP) is 1.72. The molecule has 2 rings (SSSR count). The zero-order valence-electron chi connectivity index (χ0n) is 10.4. The van der Waals surface area contributed by atoms with E-state index < -0.39 is 5.95 Å². The molecule has 1 saturated heterocycles. The van der Waals surface area contributed by atoms with Crippen LogP contribution in [0.1, 0.15) is 23.3 Å². The number of carbonyl (C=O) groups is 1. The molecule has 0 spiro atoms. The maximum Gasteiger partial charge on any atom is 0.272 e. The minimum Gasteiger partial charge on any atom is -0.384 e. The Morgan fingerprint density at radius 3 is 2.83 bits per heavy atom. The van der Waals surface area contributed by atoms with Crippen molar-refractivity contribution in [2.75, 3.05) is 26.8 Å². The molecule has 18 heavy (non-hydrogen) atoms. The van der Waals surface area contributed by atoms with Gasteiger partial charge in [-0.15, -0.1) is 0 Å². The average molecular weight is 252 g/mol. The van der Waals surface area contributed by atoms with E-state index in [0.717, 1.165) is 19.4 Å². The van der Waals surface area contributed by atoms with Crippen molar-refractivity contribution in [3.63, 3.8) is 0 Å². The van der Waals surface area contributed by atoms with Crippen LogP contribution >= 0.6 is 0 Å². The van der Waals surface area contributed by atoms with Gasteiger partial charge in [0, 0.05) is 26.8 Å². The molecule has 0 N–H and O–H groups in total. The highest BCUT2D eigenvalue weighted by molar-refractivity contribution is 5.92. The van der Waals surface area contributed by atoms with Crippen molar-refractivity contribution in [3.05, 3.63) is 29.8 Å². The molecule has 1 aromatic rings. The molecule has 0 aliphatic carbocycles. The quantitative estimate of drug-likeness (QED) is 0.769. The summed E-state index contributed by atoms with van der Waals surface area (Å²) in [5, 5.41) is 0. The topological polar surface area (TPSA) is 42.4 Å². The molecule has 1 aromatic heterocycles. The molecule has 98 valence electrons. The lowest BCUT2D eigenvalue weighted by atomic mass is 9.97. The van der Waals surface area contributed by atoms with Crippen LogP contribution < -0.4 is 0 Å². The molecule has 4 nitrogen and oxygen atoms in total. The Hall–Kier alpha value is -1.49. The maximum atomic E-state index is 13.0. The lowest BCUT2D eigenvalue weighted by molar-refractivity contribution is 0.0607. The average Bonchev–Trinajstić information content (AvgIpc) is 2.39. The van der Waals surface area contributed by atoms with Gasteiger partial charge in [-0.25, -0.2) is 4.98 Å². The Morgan fingerprint density at radius 1 is 1.50 bits per heavy atom. The third-order valence-corrected chi connectivity index (χ3v) is 3.24. The molecule has 0 aromatic carbocycles. The van der Waals surface area contributed by atoms with Crippen molar-refractivity contribution in [1.82, 2.24) is 9.88 Å². The van der Waals surface area contributed by atoms with E-state index >= 15 is 0 Å². The van der Waals surface area contributed by atoms with E-state index in [1.54, 1.807) is 18.1 Å². The number of piperidine rings is 1.